The summed E-state index contributed by atoms with van der Waals surface area (Å²) in [6.45, 7) is 0.485. The molecule has 0 unspecified atom stereocenters. The smallest absolute Gasteiger partial charge is 0.416 e. The molecule has 0 saturated carbocycles. The Labute approximate surface area is 192 Å². The van der Waals surface area contributed by atoms with Crippen LogP contribution in [0.2, 0.25) is 0 Å². The van der Waals surface area contributed by atoms with Crippen LogP contribution < -0.4 is 5.32 Å². The molecule has 2 aromatic carbocycles. The summed E-state index contributed by atoms with van der Waals surface area (Å²) in [7, 11) is 0. The Morgan fingerprint density at radius 3 is 2.64 bits per heavy atom. The van der Waals surface area contributed by atoms with Gasteiger partial charge in [0.2, 0.25) is 0 Å². The van der Waals surface area contributed by atoms with Gasteiger partial charge < -0.3 is 14.8 Å². The van der Waals surface area contributed by atoms with E-state index in [2.05, 4.69) is 5.32 Å². The van der Waals surface area contributed by atoms with Gasteiger partial charge in [0.15, 0.2) is 6.73 Å². The number of hydrogen-bond donors (Lipinski definition) is 1. The first-order valence-electron chi connectivity index (χ1n) is 10.2. The molecule has 3 aromatic rings. The van der Waals surface area contributed by atoms with Crippen molar-refractivity contribution in [2.45, 2.75) is 25.6 Å². The van der Waals surface area contributed by atoms with Crippen molar-refractivity contribution in [1.29, 1.82) is 0 Å². The van der Waals surface area contributed by atoms with E-state index in [0.29, 0.717) is 41.2 Å². The Morgan fingerprint density at radius 1 is 1.09 bits per heavy atom. The van der Waals surface area contributed by atoms with Crippen LogP contribution in [-0.2, 0) is 35.1 Å². The lowest BCUT2D eigenvalue weighted by atomic mass is 9.99. The van der Waals surface area contributed by atoms with E-state index < -0.39 is 23.6 Å². The molecule has 4 rings (SSSR count). The van der Waals surface area contributed by atoms with Crippen molar-refractivity contribution >= 4 is 23.2 Å². The van der Waals surface area contributed by atoms with Crippen molar-refractivity contribution in [3.63, 3.8) is 0 Å². The maximum absolute atomic E-state index is 13.1. The number of amides is 1. The maximum Gasteiger partial charge on any atom is 0.416 e. The Balaban J connectivity index is 1.52. The zero-order valence-electron chi connectivity index (χ0n) is 17.4. The Kier molecular flexibility index (Phi) is 6.80. The number of nitrogens with one attached hydrogen (secondary N) is 1. The molecule has 0 spiro atoms. The van der Waals surface area contributed by atoms with Gasteiger partial charge in [-0.15, -0.1) is 11.3 Å². The number of rotatable bonds is 6. The number of thiophene rings is 1. The third-order valence-corrected chi connectivity index (χ3v) is 6.39. The standard InChI is InChI=1S/C24H20F3NO4S/c25-24(26,27)17-8-4-5-15(11-17)12-19-21(18-9-10-31-13-20(18)33-19)22(29)28-14-32-23(30)16-6-2-1-3-7-16/h1-8,11H,9-10,12-14H2,(H,28,29). The number of fused-ring (bicyclic) bond motifs is 1. The second-order valence-corrected chi connectivity index (χ2v) is 8.62. The van der Waals surface area contributed by atoms with Gasteiger partial charge in [0.25, 0.3) is 5.91 Å². The van der Waals surface area contributed by atoms with Crippen molar-refractivity contribution in [2.24, 2.45) is 0 Å². The molecule has 0 saturated heterocycles. The predicted molar refractivity (Wildman–Crippen MR) is 116 cm³/mol. The van der Waals surface area contributed by atoms with Gasteiger partial charge in [-0.3, -0.25) is 4.79 Å². The molecule has 0 radical (unpaired) electrons. The molecule has 172 valence electrons. The highest BCUT2D eigenvalue weighted by atomic mass is 32.1. The number of carbonyl (C=O) groups is 2. The summed E-state index contributed by atoms with van der Waals surface area (Å²) in [5.41, 5.74) is 1.34. The third kappa shape index (κ3) is 5.43. The molecule has 0 fully saturated rings. The van der Waals surface area contributed by atoms with Gasteiger partial charge in [0, 0.05) is 16.2 Å². The number of benzene rings is 2. The molecule has 9 heteroatoms. The number of esters is 1. The normalized spacial score (nSPS) is 13.3. The highest BCUT2D eigenvalue weighted by Gasteiger charge is 2.31. The summed E-state index contributed by atoms with van der Waals surface area (Å²) in [6, 6.07) is 13.5. The molecule has 0 bridgehead atoms. The summed E-state index contributed by atoms with van der Waals surface area (Å²) in [6.07, 6.45) is -3.74. The molecule has 0 aliphatic carbocycles. The largest absolute Gasteiger partial charge is 0.441 e. The van der Waals surface area contributed by atoms with Gasteiger partial charge in [-0.05, 0) is 35.7 Å². The first-order chi connectivity index (χ1) is 15.8. The monoisotopic (exact) mass is 475 g/mol. The van der Waals surface area contributed by atoms with Gasteiger partial charge in [0.05, 0.1) is 29.9 Å². The molecule has 1 aliphatic rings. The SMILES string of the molecule is O=C(OCNC(=O)c1c(Cc2cccc(C(F)(F)F)c2)sc2c1CCOC2)c1ccccc1. The summed E-state index contributed by atoms with van der Waals surface area (Å²) in [4.78, 5) is 26.6. The Bertz CT molecular complexity index is 1160. The van der Waals surface area contributed by atoms with E-state index in [4.69, 9.17) is 9.47 Å². The van der Waals surface area contributed by atoms with Gasteiger partial charge >= 0.3 is 12.1 Å². The van der Waals surface area contributed by atoms with Crippen molar-refractivity contribution < 1.29 is 32.2 Å². The molecule has 5 nitrogen and oxygen atoms in total. The lowest BCUT2D eigenvalue weighted by Gasteiger charge is -2.14. The van der Waals surface area contributed by atoms with Crippen molar-refractivity contribution in [2.75, 3.05) is 13.3 Å². The third-order valence-electron chi connectivity index (χ3n) is 5.18. The number of halogens is 3. The van der Waals surface area contributed by atoms with Crippen molar-refractivity contribution in [3.8, 4) is 0 Å². The fourth-order valence-electron chi connectivity index (χ4n) is 3.63. The van der Waals surface area contributed by atoms with E-state index in [1.54, 1.807) is 36.4 Å². The van der Waals surface area contributed by atoms with Gasteiger partial charge in [0.1, 0.15) is 0 Å². The van der Waals surface area contributed by atoms with E-state index >= 15 is 0 Å². The summed E-state index contributed by atoms with van der Waals surface area (Å²) < 4.78 is 49.9. The zero-order valence-corrected chi connectivity index (χ0v) is 18.2. The van der Waals surface area contributed by atoms with Crippen LogP contribution in [0.4, 0.5) is 13.2 Å². The predicted octanol–water partition coefficient (Wildman–Crippen LogP) is 4.97. The van der Waals surface area contributed by atoms with E-state index in [0.717, 1.165) is 22.6 Å². The first-order valence-corrected chi connectivity index (χ1v) is 11.0. The molecule has 1 N–H and O–H groups in total. The van der Waals surface area contributed by atoms with Gasteiger partial charge in [-0.2, -0.15) is 13.2 Å². The molecule has 2 heterocycles. The second-order valence-electron chi connectivity index (χ2n) is 7.43. The molecular weight excluding hydrogens is 455 g/mol. The molecule has 33 heavy (non-hydrogen) atoms. The van der Waals surface area contributed by atoms with E-state index in [1.807, 2.05) is 0 Å². The first kappa shape index (κ1) is 23.0. The lowest BCUT2D eigenvalue weighted by Crippen LogP contribution is -2.29. The average Bonchev–Trinajstić information content (AvgIpc) is 3.17. The van der Waals surface area contributed by atoms with Crippen LogP contribution in [0.5, 0.6) is 0 Å². The van der Waals surface area contributed by atoms with E-state index in [9.17, 15) is 22.8 Å². The number of alkyl halides is 3. The van der Waals surface area contributed by atoms with Gasteiger partial charge in [-0.25, -0.2) is 4.79 Å². The Morgan fingerprint density at radius 2 is 1.88 bits per heavy atom. The lowest BCUT2D eigenvalue weighted by molar-refractivity contribution is -0.137. The molecule has 1 aromatic heterocycles. The topological polar surface area (TPSA) is 64.6 Å². The minimum atomic E-state index is -4.44. The van der Waals surface area contributed by atoms with Gasteiger partial charge in [-0.1, -0.05) is 36.4 Å². The molecule has 1 aliphatic heterocycles. The van der Waals surface area contributed by atoms with E-state index in [-0.39, 0.29) is 13.2 Å². The minimum absolute atomic E-state index is 0.175. The van der Waals surface area contributed by atoms with Crippen LogP contribution in [0.25, 0.3) is 0 Å². The molecule has 0 atom stereocenters. The fourth-order valence-corrected chi connectivity index (χ4v) is 4.96. The maximum atomic E-state index is 13.1. The van der Waals surface area contributed by atoms with E-state index in [1.165, 1.54) is 17.4 Å². The zero-order chi connectivity index (χ0) is 23.4. The summed E-state index contributed by atoms with van der Waals surface area (Å²) in [5, 5.41) is 2.60. The molecular formula is C24H20F3NO4S. The van der Waals surface area contributed by atoms with Crippen molar-refractivity contribution in [1.82, 2.24) is 5.32 Å². The quantitative estimate of drug-likeness (QED) is 0.404. The van der Waals surface area contributed by atoms with Crippen molar-refractivity contribution in [3.05, 3.63) is 92.2 Å². The second kappa shape index (κ2) is 9.76. The van der Waals surface area contributed by atoms with Crippen LogP contribution >= 0.6 is 11.3 Å². The Hall–Kier alpha value is -3.17. The van der Waals surface area contributed by atoms with Crippen LogP contribution in [0.1, 0.15) is 47.2 Å². The highest BCUT2D eigenvalue weighted by Crippen LogP contribution is 2.35. The molecule has 1 amide bonds. The van der Waals surface area contributed by atoms with Crippen LogP contribution in [0, 0.1) is 0 Å². The summed E-state index contributed by atoms with van der Waals surface area (Å²) in [5.74, 6) is -1.00. The fraction of sp³-hybridized carbons (Fsp3) is 0.250. The number of carbonyl (C=O) groups excluding carboxylic acids is 2. The summed E-state index contributed by atoms with van der Waals surface area (Å²) >= 11 is 1.36. The van der Waals surface area contributed by atoms with Crippen LogP contribution in [0.3, 0.4) is 0 Å². The number of ether oxygens (including phenoxy) is 2. The minimum Gasteiger partial charge on any atom is -0.441 e. The number of hydrogen-bond acceptors (Lipinski definition) is 5. The van der Waals surface area contributed by atoms with Crippen LogP contribution in [-0.4, -0.2) is 25.2 Å². The average molecular weight is 475 g/mol. The van der Waals surface area contributed by atoms with Crippen LogP contribution in [0.15, 0.2) is 54.6 Å². The highest BCUT2D eigenvalue weighted by molar-refractivity contribution is 7.12.